The van der Waals surface area contributed by atoms with Gasteiger partial charge in [0.15, 0.2) is 0 Å². The van der Waals surface area contributed by atoms with Gasteiger partial charge in [-0.2, -0.15) is 0 Å². The maximum atomic E-state index is 12.2. The number of carbonyl (C=O) groups is 1. The molecule has 0 aliphatic carbocycles. The monoisotopic (exact) mass is 427 g/mol. The summed E-state index contributed by atoms with van der Waals surface area (Å²) in [5.74, 6) is 0.442. The predicted octanol–water partition coefficient (Wildman–Crippen LogP) is 3.54. The summed E-state index contributed by atoms with van der Waals surface area (Å²) in [7, 11) is -3.66. The third kappa shape index (κ3) is 6.24. The highest BCUT2D eigenvalue weighted by atomic mass is 35.5. The van der Waals surface area contributed by atoms with Crippen LogP contribution in [0.4, 0.5) is 0 Å². The SMILES string of the molecule is CCCCS(=O)(=O)NC(=O)c1cn(Cc2ccc(OC(C)C)cc2Cl)c(C)n1. The van der Waals surface area contributed by atoms with Crippen molar-refractivity contribution in [2.75, 3.05) is 5.75 Å². The Balaban J connectivity index is 2.13. The Hall–Kier alpha value is -2.06. The number of amides is 1. The van der Waals surface area contributed by atoms with Crippen molar-refractivity contribution in [3.63, 3.8) is 0 Å². The molecule has 9 heteroatoms. The summed E-state index contributed by atoms with van der Waals surface area (Å²) in [6.45, 7) is 7.90. The first-order chi connectivity index (χ1) is 13.1. The van der Waals surface area contributed by atoms with E-state index in [0.29, 0.717) is 29.6 Å². The molecule has 0 fully saturated rings. The summed E-state index contributed by atoms with van der Waals surface area (Å²) in [6.07, 6.45) is 2.79. The van der Waals surface area contributed by atoms with E-state index in [2.05, 4.69) is 9.71 Å². The molecule has 0 bridgehead atoms. The first kappa shape index (κ1) is 22.2. The topological polar surface area (TPSA) is 90.3 Å². The van der Waals surface area contributed by atoms with E-state index in [-0.39, 0.29) is 17.6 Å². The van der Waals surface area contributed by atoms with Gasteiger partial charge in [0, 0.05) is 11.2 Å². The van der Waals surface area contributed by atoms with E-state index in [1.54, 1.807) is 17.6 Å². The molecule has 28 heavy (non-hydrogen) atoms. The number of hydrogen-bond donors (Lipinski definition) is 1. The Kier molecular flexibility index (Phi) is 7.48. The fourth-order valence-corrected chi connectivity index (χ4v) is 3.93. The minimum atomic E-state index is -3.66. The third-order valence-corrected chi connectivity index (χ3v) is 5.63. The number of sulfonamides is 1. The average molecular weight is 428 g/mol. The fourth-order valence-electron chi connectivity index (χ4n) is 2.54. The minimum Gasteiger partial charge on any atom is -0.491 e. The second kappa shape index (κ2) is 9.43. The lowest BCUT2D eigenvalue weighted by Crippen LogP contribution is -2.32. The van der Waals surface area contributed by atoms with Crippen molar-refractivity contribution in [1.29, 1.82) is 0 Å². The second-order valence-corrected chi connectivity index (χ2v) is 9.07. The Morgan fingerprint density at radius 1 is 1.36 bits per heavy atom. The lowest BCUT2D eigenvalue weighted by atomic mass is 10.2. The summed E-state index contributed by atoms with van der Waals surface area (Å²) in [5.41, 5.74) is 0.884. The first-order valence-electron chi connectivity index (χ1n) is 9.15. The van der Waals surface area contributed by atoms with Crippen LogP contribution < -0.4 is 9.46 Å². The van der Waals surface area contributed by atoms with Crippen LogP contribution in [-0.4, -0.2) is 35.7 Å². The third-order valence-electron chi connectivity index (χ3n) is 3.96. The van der Waals surface area contributed by atoms with E-state index in [1.807, 2.05) is 32.9 Å². The lowest BCUT2D eigenvalue weighted by Gasteiger charge is -2.12. The molecule has 1 aromatic heterocycles. The van der Waals surface area contributed by atoms with Crippen LogP contribution in [0.1, 0.15) is 55.5 Å². The van der Waals surface area contributed by atoms with Crippen molar-refractivity contribution >= 4 is 27.5 Å². The van der Waals surface area contributed by atoms with Crippen molar-refractivity contribution in [1.82, 2.24) is 14.3 Å². The molecule has 0 saturated carbocycles. The van der Waals surface area contributed by atoms with E-state index in [1.165, 1.54) is 6.20 Å². The second-order valence-electron chi connectivity index (χ2n) is 6.82. The number of halogens is 1. The molecule has 0 saturated heterocycles. The summed E-state index contributed by atoms with van der Waals surface area (Å²) in [6, 6.07) is 5.44. The maximum Gasteiger partial charge on any atom is 0.284 e. The van der Waals surface area contributed by atoms with Crippen molar-refractivity contribution in [2.45, 2.75) is 53.2 Å². The molecular formula is C19H26ClN3O4S. The van der Waals surface area contributed by atoms with Crippen LogP contribution in [0.3, 0.4) is 0 Å². The first-order valence-corrected chi connectivity index (χ1v) is 11.2. The Labute approximate surface area is 171 Å². The molecule has 0 spiro atoms. The van der Waals surface area contributed by atoms with Gasteiger partial charge in [-0.1, -0.05) is 31.0 Å². The lowest BCUT2D eigenvalue weighted by molar-refractivity contribution is 0.0977. The number of ether oxygens (including phenoxy) is 1. The fraction of sp³-hybridized carbons (Fsp3) is 0.474. The molecule has 7 nitrogen and oxygen atoms in total. The molecule has 1 aromatic carbocycles. The number of aryl methyl sites for hydroxylation is 1. The highest BCUT2D eigenvalue weighted by Gasteiger charge is 2.19. The zero-order chi connectivity index (χ0) is 20.9. The molecule has 0 aliphatic heterocycles. The van der Waals surface area contributed by atoms with Crippen molar-refractivity contribution in [3.8, 4) is 5.75 Å². The van der Waals surface area contributed by atoms with E-state index < -0.39 is 15.9 Å². The maximum absolute atomic E-state index is 12.2. The summed E-state index contributed by atoms with van der Waals surface area (Å²) < 4.78 is 33.3. The van der Waals surface area contributed by atoms with Crippen LogP contribution in [0.25, 0.3) is 0 Å². The number of aromatic nitrogens is 2. The van der Waals surface area contributed by atoms with Crippen LogP contribution in [0, 0.1) is 6.92 Å². The molecule has 2 rings (SSSR count). The van der Waals surface area contributed by atoms with Gasteiger partial charge in [-0.3, -0.25) is 4.79 Å². The van der Waals surface area contributed by atoms with E-state index >= 15 is 0 Å². The summed E-state index contributed by atoms with van der Waals surface area (Å²) in [5, 5.41) is 0.541. The van der Waals surface area contributed by atoms with Crippen LogP contribution >= 0.6 is 11.6 Å². The van der Waals surface area contributed by atoms with Gasteiger partial charge in [0.2, 0.25) is 10.0 Å². The molecule has 154 valence electrons. The van der Waals surface area contributed by atoms with Gasteiger partial charge < -0.3 is 9.30 Å². The molecule has 1 amide bonds. The molecule has 0 unspecified atom stereocenters. The Morgan fingerprint density at radius 3 is 2.68 bits per heavy atom. The van der Waals surface area contributed by atoms with Gasteiger partial charge in [-0.15, -0.1) is 0 Å². The van der Waals surface area contributed by atoms with Gasteiger partial charge in [0.25, 0.3) is 5.91 Å². The van der Waals surface area contributed by atoms with E-state index in [4.69, 9.17) is 16.3 Å². The van der Waals surface area contributed by atoms with Gasteiger partial charge in [-0.05, 0) is 44.9 Å². The number of hydrogen-bond acceptors (Lipinski definition) is 5. The summed E-state index contributed by atoms with van der Waals surface area (Å²) >= 11 is 6.35. The summed E-state index contributed by atoms with van der Waals surface area (Å²) in [4.78, 5) is 16.4. The average Bonchev–Trinajstić information content (AvgIpc) is 2.95. The zero-order valence-electron chi connectivity index (χ0n) is 16.5. The number of unbranched alkanes of at least 4 members (excludes halogenated alkanes) is 1. The van der Waals surface area contributed by atoms with Crippen LogP contribution in [0.2, 0.25) is 5.02 Å². The number of benzene rings is 1. The largest absolute Gasteiger partial charge is 0.491 e. The van der Waals surface area contributed by atoms with Crippen molar-refractivity contribution in [3.05, 3.63) is 46.5 Å². The van der Waals surface area contributed by atoms with E-state index in [0.717, 1.165) is 12.0 Å². The van der Waals surface area contributed by atoms with Crippen molar-refractivity contribution < 1.29 is 17.9 Å². The molecular weight excluding hydrogens is 402 g/mol. The molecule has 0 aliphatic rings. The van der Waals surface area contributed by atoms with E-state index in [9.17, 15) is 13.2 Å². The van der Waals surface area contributed by atoms with Crippen LogP contribution in [-0.2, 0) is 16.6 Å². The number of carbonyl (C=O) groups excluding carboxylic acids is 1. The number of nitrogens with zero attached hydrogens (tertiary/aromatic N) is 2. The number of rotatable bonds is 9. The number of nitrogens with one attached hydrogen (secondary N) is 1. The zero-order valence-corrected chi connectivity index (χ0v) is 18.1. The Bertz CT molecular complexity index is 939. The van der Waals surface area contributed by atoms with Crippen molar-refractivity contribution in [2.24, 2.45) is 0 Å². The van der Waals surface area contributed by atoms with Crippen LogP contribution in [0.15, 0.2) is 24.4 Å². The van der Waals surface area contributed by atoms with Gasteiger partial charge in [0.1, 0.15) is 17.3 Å². The van der Waals surface area contributed by atoms with Gasteiger partial charge >= 0.3 is 0 Å². The normalized spacial score (nSPS) is 11.6. The molecule has 1 heterocycles. The molecule has 1 N–H and O–H groups in total. The minimum absolute atomic E-state index is 0.0486. The molecule has 2 aromatic rings. The highest BCUT2D eigenvalue weighted by Crippen LogP contribution is 2.24. The molecule has 0 atom stereocenters. The predicted molar refractivity (Wildman–Crippen MR) is 109 cm³/mol. The number of imidazole rings is 1. The van der Waals surface area contributed by atoms with Gasteiger partial charge in [0.05, 0.1) is 18.4 Å². The van der Waals surface area contributed by atoms with Crippen LogP contribution in [0.5, 0.6) is 5.75 Å². The highest BCUT2D eigenvalue weighted by molar-refractivity contribution is 7.90. The molecule has 0 radical (unpaired) electrons. The smallest absolute Gasteiger partial charge is 0.284 e. The quantitative estimate of drug-likeness (QED) is 0.660. The standard InChI is InChI=1S/C19H26ClN3O4S/c1-5-6-9-28(25,26)22-19(24)18-12-23(14(4)21-18)11-15-7-8-16(10-17(15)20)27-13(2)3/h7-8,10,12-13H,5-6,9,11H2,1-4H3,(H,22,24). The Morgan fingerprint density at radius 2 is 2.07 bits per heavy atom. The van der Waals surface area contributed by atoms with Gasteiger partial charge in [-0.25, -0.2) is 18.1 Å².